The number of nitrogens with zero attached hydrogens (tertiary/aromatic N) is 2. The molecule has 1 aliphatic rings. The molecule has 0 bridgehead atoms. The van der Waals surface area contributed by atoms with Gasteiger partial charge in [-0.2, -0.15) is 0 Å². The predicted octanol–water partition coefficient (Wildman–Crippen LogP) is 2.51. The van der Waals surface area contributed by atoms with Gasteiger partial charge in [-0.3, -0.25) is 9.88 Å². The van der Waals surface area contributed by atoms with E-state index >= 15 is 0 Å². The summed E-state index contributed by atoms with van der Waals surface area (Å²) in [5.74, 6) is 0.677. The van der Waals surface area contributed by atoms with Crippen LogP contribution in [0.25, 0.3) is 0 Å². The molecule has 1 aliphatic heterocycles. The molecule has 2 unspecified atom stereocenters. The summed E-state index contributed by atoms with van der Waals surface area (Å²) in [6.07, 6.45) is 4.33. The third-order valence-corrected chi connectivity index (χ3v) is 3.66. The lowest BCUT2D eigenvalue weighted by atomic mass is 9.91. The van der Waals surface area contributed by atoms with Crippen LogP contribution in [0.5, 0.6) is 0 Å². The lowest BCUT2D eigenvalue weighted by molar-refractivity contribution is 0.114. The van der Waals surface area contributed by atoms with Crippen LogP contribution in [0.4, 0.5) is 0 Å². The van der Waals surface area contributed by atoms with Gasteiger partial charge >= 0.3 is 0 Å². The third kappa shape index (κ3) is 3.09. The lowest BCUT2D eigenvalue weighted by Crippen LogP contribution is -2.47. The van der Waals surface area contributed by atoms with Crippen LogP contribution in [0.2, 0.25) is 0 Å². The van der Waals surface area contributed by atoms with Gasteiger partial charge in [0.15, 0.2) is 0 Å². The van der Waals surface area contributed by atoms with E-state index in [0.29, 0.717) is 12.0 Å². The van der Waals surface area contributed by atoms with Crippen molar-refractivity contribution in [1.82, 2.24) is 9.88 Å². The highest BCUT2D eigenvalue weighted by atomic mass is 15.2. The minimum Gasteiger partial charge on any atom is -0.326 e. The number of aryl methyl sites for hydroxylation is 1. The molecule has 0 spiro atoms. The van der Waals surface area contributed by atoms with Gasteiger partial charge in [0, 0.05) is 24.5 Å². The number of rotatable bonds is 3. The van der Waals surface area contributed by atoms with E-state index in [2.05, 4.69) is 35.9 Å². The molecule has 2 atom stereocenters. The van der Waals surface area contributed by atoms with E-state index in [0.717, 1.165) is 25.2 Å². The fraction of sp³-hybridized carbons (Fsp3) is 0.667. The molecular weight excluding hydrogens is 222 g/mol. The van der Waals surface area contributed by atoms with Crippen LogP contribution in [-0.4, -0.2) is 29.0 Å². The average Bonchev–Trinajstić information content (AvgIpc) is 2.30. The van der Waals surface area contributed by atoms with Crippen LogP contribution in [0, 0.1) is 12.8 Å². The third-order valence-electron chi connectivity index (χ3n) is 3.66. The van der Waals surface area contributed by atoms with Gasteiger partial charge in [0.25, 0.3) is 0 Å². The minimum absolute atomic E-state index is 0.238. The highest BCUT2D eigenvalue weighted by Gasteiger charge is 2.30. The number of aromatic nitrogens is 1. The molecule has 1 fully saturated rings. The second-order valence-electron chi connectivity index (χ2n) is 5.87. The summed E-state index contributed by atoms with van der Waals surface area (Å²) in [6, 6.07) is 4.85. The van der Waals surface area contributed by atoms with Crippen LogP contribution in [0.15, 0.2) is 18.3 Å². The van der Waals surface area contributed by atoms with Crippen molar-refractivity contribution in [3.63, 3.8) is 0 Å². The first-order chi connectivity index (χ1) is 8.58. The second-order valence-corrected chi connectivity index (χ2v) is 5.87. The van der Waals surface area contributed by atoms with Crippen molar-refractivity contribution < 1.29 is 0 Å². The lowest BCUT2D eigenvalue weighted by Gasteiger charge is -2.40. The van der Waals surface area contributed by atoms with E-state index in [-0.39, 0.29) is 6.04 Å². The number of hydrogen-bond acceptors (Lipinski definition) is 3. The Kier molecular flexibility index (Phi) is 4.36. The SMILES string of the molecule is Cc1ccc(C2C(N)CCCN2CC(C)C)cn1. The summed E-state index contributed by atoms with van der Waals surface area (Å²) in [6.45, 7) is 8.84. The van der Waals surface area contributed by atoms with Crippen LogP contribution in [0.1, 0.15) is 44.0 Å². The van der Waals surface area contributed by atoms with Gasteiger partial charge in [-0.25, -0.2) is 0 Å². The Labute approximate surface area is 110 Å². The van der Waals surface area contributed by atoms with Crippen molar-refractivity contribution in [2.24, 2.45) is 11.7 Å². The topological polar surface area (TPSA) is 42.1 Å². The summed E-state index contributed by atoms with van der Waals surface area (Å²) < 4.78 is 0. The van der Waals surface area contributed by atoms with Crippen molar-refractivity contribution in [3.8, 4) is 0 Å². The van der Waals surface area contributed by atoms with Crippen LogP contribution < -0.4 is 5.73 Å². The zero-order valence-electron chi connectivity index (χ0n) is 11.8. The Hall–Kier alpha value is -0.930. The van der Waals surface area contributed by atoms with Gasteiger partial charge in [0.2, 0.25) is 0 Å². The summed E-state index contributed by atoms with van der Waals surface area (Å²) in [5, 5.41) is 0. The molecule has 3 nitrogen and oxygen atoms in total. The Morgan fingerprint density at radius 2 is 2.22 bits per heavy atom. The van der Waals surface area contributed by atoms with Crippen molar-refractivity contribution >= 4 is 0 Å². The monoisotopic (exact) mass is 247 g/mol. The Morgan fingerprint density at radius 3 is 2.83 bits per heavy atom. The molecule has 0 amide bonds. The van der Waals surface area contributed by atoms with Crippen LogP contribution in [0.3, 0.4) is 0 Å². The van der Waals surface area contributed by atoms with Gasteiger partial charge in [-0.1, -0.05) is 19.9 Å². The van der Waals surface area contributed by atoms with E-state index in [1.165, 1.54) is 12.0 Å². The number of pyridine rings is 1. The van der Waals surface area contributed by atoms with Crippen molar-refractivity contribution in [2.75, 3.05) is 13.1 Å². The molecule has 1 saturated heterocycles. The maximum atomic E-state index is 6.35. The number of nitrogens with two attached hydrogens (primary N) is 1. The van der Waals surface area contributed by atoms with E-state index < -0.39 is 0 Å². The smallest absolute Gasteiger partial charge is 0.0514 e. The predicted molar refractivity (Wildman–Crippen MR) is 75.3 cm³/mol. The molecule has 0 aliphatic carbocycles. The molecule has 0 aromatic carbocycles. The van der Waals surface area contributed by atoms with Crippen molar-refractivity contribution in [2.45, 2.75) is 45.7 Å². The highest BCUT2D eigenvalue weighted by molar-refractivity contribution is 5.20. The highest BCUT2D eigenvalue weighted by Crippen LogP contribution is 2.30. The molecule has 2 N–H and O–H groups in total. The maximum absolute atomic E-state index is 6.35. The van der Waals surface area contributed by atoms with Gasteiger partial charge in [-0.05, 0) is 43.9 Å². The summed E-state index contributed by atoms with van der Waals surface area (Å²) >= 11 is 0. The molecule has 100 valence electrons. The molecule has 18 heavy (non-hydrogen) atoms. The fourth-order valence-electron chi connectivity index (χ4n) is 2.88. The number of likely N-dealkylation sites (tertiary alicyclic amines) is 1. The average molecular weight is 247 g/mol. The first kappa shape index (κ1) is 13.5. The Balaban J connectivity index is 2.21. The maximum Gasteiger partial charge on any atom is 0.0514 e. The van der Waals surface area contributed by atoms with Gasteiger partial charge in [0.1, 0.15) is 0 Å². The number of piperidine rings is 1. The molecule has 2 rings (SSSR count). The molecule has 3 heteroatoms. The van der Waals surface area contributed by atoms with E-state index in [1.807, 2.05) is 13.1 Å². The molecule has 2 heterocycles. The summed E-state index contributed by atoms with van der Waals surface area (Å²) in [4.78, 5) is 6.95. The number of hydrogen-bond donors (Lipinski definition) is 1. The van der Waals surface area contributed by atoms with E-state index in [1.54, 1.807) is 0 Å². The largest absolute Gasteiger partial charge is 0.326 e. The fourth-order valence-corrected chi connectivity index (χ4v) is 2.88. The van der Waals surface area contributed by atoms with Crippen molar-refractivity contribution in [1.29, 1.82) is 0 Å². The van der Waals surface area contributed by atoms with Crippen LogP contribution >= 0.6 is 0 Å². The standard InChI is InChI=1S/C15H25N3/c1-11(2)10-18-8-4-5-14(16)15(18)13-7-6-12(3)17-9-13/h6-7,9,11,14-15H,4-5,8,10,16H2,1-3H3. The van der Waals surface area contributed by atoms with E-state index in [9.17, 15) is 0 Å². The molecule has 1 aromatic heterocycles. The Morgan fingerprint density at radius 1 is 1.44 bits per heavy atom. The molecular formula is C15H25N3. The quantitative estimate of drug-likeness (QED) is 0.892. The van der Waals surface area contributed by atoms with E-state index in [4.69, 9.17) is 5.73 Å². The van der Waals surface area contributed by atoms with Crippen molar-refractivity contribution in [3.05, 3.63) is 29.6 Å². The van der Waals surface area contributed by atoms with Gasteiger partial charge in [-0.15, -0.1) is 0 Å². The zero-order chi connectivity index (χ0) is 13.1. The molecule has 0 radical (unpaired) electrons. The molecule has 1 aromatic rings. The summed E-state index contributed by atoms with van der Waals surface area (Å²) in [7, 11) is 0. The van der Waals surface area contributed by atoms with Gasteiger partial charge in [0.05, 0.1) is 6.04 Å². The normalized spacial score (nSPS) is 25.6. The molecule has 0 saturated carbocycles. The minimum atomic E-state index is 0.238. The summed E-state index contributed by atoms with van der Waals surface area (Å²) in [5.41, 5.74) is 8.69. The van der Waals surface area contributed by atoms with Crippen LogP contribution in [-0.2, 0) is 0 Å². The van der Waals surface area contributed by atoms with Gasteiger partial charge < -0.3 is 5.73 Å². The second kappa shape index (κ2) is 5.81. The first-order valence-corrected chi connectivity index (χ1v) is 7.00. The Bertz CT molecular complexity index is 372. The first-order valence-electron chi connectivity index (χ1n) is 7.00. The zero-order valence-corrected chi connectivity index (χ0v) is 11.8.